The fraction of sp³-hybridized carbons (Fsp3) is 0.105. The molecule has 2 aromatic carbocycles. The molecular formula is C19H14BrF3N4O4S. The molecule has 8 nitrogen and oxygen atoms in total. The van der Waals surface area contributed by atoms with Gasteiger partial charge in [-0.1, -0.05) is 15.9 Å². The van der Waals surface area contributed by atoms with Crippen molar-refractivity contribution in [3.8, 4) is 5.75 Å². The minimum absolute atomic E-state index is 0.126. The molecule has 168 valence electrons. The van der Waals surface area contributed by atoms with Crippen LogP contribution in [-0.2, 0) is 10.0 Å². The van der Waals surface area contributed by atoms with Gasteiger partial charge in [0.1, 0.15) is 17.4 Å². The van der Waals surface area contributed by atoms with Crippen molar-refractivity contribution in [1.82, 2.24) is 0 Å². The second-order valence-electron chi connectivity index (χ2n) is 6.57. The molecule has 1 aliphatic heterocycles. The molecule has 0 fully saturated rings. The van der Waals surface area contributed by atoms with E-state index >= 15 is 0 Å². The van der Waals surface area contributed by atoms with E-state index < -0.39 is 33.2 Å². The lowest BCUT2D eigenvalue weighted by molar-refractivity contribution is -0.275. The SMILES string of the molecule is NC1c2ccoc2N=CN1c1ccc(NS(=O)(=O)c2ccc(Br)cc2OC(F)(F)F)cc1. The minimum Gasteiger partial charge on any atom is -0.446 e. The lowest BCUT2D eigenvalue weighted by Gasteiger charge is -2.29. The van der Waals surface area contributed by atoms with Crippen LogP contribution in [0.25, 0.3) is 0 Å². The predicted octanol–water partition coefficient (Wildman–Crippen LogP) is 4.88. The predicted molar refractivity (Wildman–Crippen MR) is 114 cm³/mol. The molecule has 1 atom stereocenters. The van der Waals surface area contributed by atoms with Gasteiger partial charge in [0.25, 0.3) is 10.0 Å². The monoisotopic (exact) mass is 530 g/mol. The lowest BCUT2D eigenvalue weighted by atomic mass is 10.2. The molecule has 0 amide bonds. The van der Waals surface area contributed by atoms with Crippen molar-refractivity contribution >= 4 is 49.6 Å². The Morgan fingerprint density at radius 3 is 2.56 bits per heavy atom. The highest BCUT2D eigenvalue weighted by molar-refractivity contribution is 9.10. The van der Waals surface area contributed by atoms with Crippen LogP contribution in [0.3, 0.4) is 0 Å². The maximum atomic E-state index is 12.7. The van der Waals surface area contributed by atoms with E-state index in [0.29, 0.717) is 17.1 Å². The number of aliphatic imine (C=N–C) groups is 1. The summed E-state index contributed by atoms with van der Waals surface area (Å²) in [6.07, 6.45) is -2.66. The van der Waals surface area contributed by atoms with Crippen LogP contribution in [0.5, 0.6) is 5.75 Å². The highest BCUT2D eigenvalue weighted by Crippen LogP contribution is 2.35. The first-order chi connectivity index (χ1) is 15.0. The molecule has 0 bridgehead atoms. The summed E-state index contributed by atoms with van der Waals surface area (Å²) in [5.41, 5.74) is 7.64. The number of halogens is 4. The lowest BCUT2D eigenvalue weighted by Crippen LogP contribution is -2.35. The molecule has 0 saturated heterocycles. The zero-order valence-corrected chi connectivity index (χ0v) is 18.3. The molecule has 3 N–H and O–H groups in total. The van der Waals surface area contributed by atoms with E-state index in [1.54, 1.807) is 23.1 Å². The first kappa shape index (κ1) is 22.2. The Balaban J connectivity index is 1.56. The number of nitrogens with one attached hydrogen (secondary N) is 1. The fourth-order valence-corrected chi connectivity index (χ4v) is 4.53. The number of nitrogens with two attached hydrogens (primary N) is 1. The molecule has 3 aromatic rings. The second-order valence-corrected chi connectivity index (χ2v) is 9.14. The van der Waals surface area contributed by atoms with Gasteiger partial charge in [-0.3, -0.25) is 4.72 Å². The Morgan fingerprint density at radius 2 is 1.88 bits per heavy atom. The van der Waals surface area contributed by atoms with Crippen molar-refractivity contribution in [1.29, 1.82) is 0 Å². The first-order valence-corrected chi connectivity index (χ1v) is 11.1. The number of ether oxygens (including phenoxy) is 1. The maximum Gasteiger partial charge on any atom is 0.573 e. The van der Waals surface area contributed by atoms with E-state index in [9.17, 15) is 21.6 Å². The van der Waals surface area contributed by atoms with E-state index in [2.05, 4.69) is 30.4 Å². The van der Waals surface area contributed by atoms with E-state index in [1.165, 1.54) is 30.8 Å². The van der Waals surface area contributed by atoms with Crippen molar-refractivity contribution in [2.45, 2.75) is 17.4 Å². The number of anilines is 2. The van der Waals surface area contributed by atoms with Crippen molar-refractivity contribution in [3.63, 3.8) is 0 Å². The molecule has 0 saturated carbocycles. The number of sulfonamides is 1. The van der Waals surface area contributed by atoms with E-state index in [4.69, 9.17) is 10.2 Å². The third kappa shape index (κ3) is 4.59. The molecule has 0 spiro atoms. The number of alkyl halides is 3. The molecule has 2 heterocycles. The Bertz CT molecular complexity index is 1280. The second kappa shape index (κ2) is 8.15. The molecule has 13 heteroatoms. The van der Waals surface area contributed by atoms with Gasteiger partial charge in [-0.2, -0.15) is 0 Å². The van der Waals surface area contributed by atoms with Crippen LogP contribution >= 0.6 is 15.9 Å². The molecule has 0 aliphatic carbocycles. The maximum absolute atomic E-state index is 12.7. The number of rotatable bonds is 5. The van der Waals surface area contributed by atoms with Gasteiger partial charge in [0.05, 0.1) is 11.8 Å². The average Bonchev–Trinajstić information content (AvgIpc) is 3.17. The van der Waals surface area contributed by atoms with Crippen molar-refractivity contribution in [3.05, 3.63) is 64.8 Å². The third-order valence-electron chi connectivity index (χ3n) is 4.43. The van der Waals surface area contributed by atoms with Crippen LogP contribution in [-0.4, -0.2) is 21.1 Å². The van der Waals surface area contributed by atoms with Crippen molar-refractivity contribution in [2.75, 3.05) is 9.62 Å². The van der Waals surface area contributed by atoms with Gasteiger partial charge in [-0.05, 0) is 48.5 Å². The zero-order valence-electron chi connectivity index (χ0n) is 15.9. The summed E-state index contributed by atoms with van der Waals surface area (Å²) in [6.45, 7) is 0. The van der Waals surface area contributed by atoms with Gasteiger partial charge in [0, 0.05) is 15.8 Å². The topological polar surface area (TPSA) is 110 Å². The Hall–Kier alpha value is -3.03. The van der Waals surface area contributed by atoms with Gasteiger partial charge in [0.2, 0.25) is 5.88 Å². The highest BCUT2D eigenvalue weighted by Gasteiger charge is 2.34. The average molecular weight is 531 g/mol. The van der Waals surface area contributed by atoms with Crippen molar-refractivity contribution < 1.29 is 30.7 Å². The molecular weight excluding hydrogens is 517 g/mol. The molecule has 4 rings (SSSR count). The van der Waals surface area contributed by atoms with E-state index in [-0.39, 0.29) is 10.2 Å². The van der Waals surface area contributed by atoms with Gasteiger partial charge >= 0.3 is 6.36 Å². The van der Waals surface area contributed by atoms with Gasteiger partial charge in [0.15, 0.2) is 5.75 Å². The normalized spacial score (nSPS) is 16.0. The summed E-state index contributed by atoms with van der Waals surface area (Å²) >= 11 is 3.00. The number of fused-ring (bicyclic) bond motifs is 1. The van der Waals surface area contributed by atoms with Crippen LogP contribution in [0.1, 0.15) is 11.7 Å². The smallest absolute Gasteiger partial charge is 0.446 e. The number of nitrogens with zero attached hydrogens (tertiary/aromatic N) is 2. The van der Waals surface area contributed by atoms with Crippen LogP contribution in [0, 0.1) is 0 Å². The molecule has 32 heavy (non-hydrogen) atoms. The summed E-state index contributed by atoms with van der Waals surface area (Å²) in [4.78, 5) is 5.15. The molecule has 1 unspecified atom stereocenters. The van der Waals surface area contributed by atoms with Gasteiger partial charge in [-0.25, -0.2) is 13.4 Å². The Kier molecular flexibility index (Phi) is 5.65. The standard InChI is InChI=1S/C19H14BrF3N4O4S/c20-11-1-6-16(15(9-11)31-19(21,22)23)32(28,29)26-12-2-4-13(5-3-12)27-10-25-18-14(17(27)24)7-8-30-18/h1-10,17,26H,24H2. The van der Waals surface area contributed by atoms with Crippen LogP contribution < -0.4 is 20.1 Å². The number of furan rings is 1. The highest BCUT2D eigenvalue weighted by atomic mass is 79.9. The quantitative estimate of drug-likeness (QED) is 0.486. The summed E-state index contributed by atoms with van der Waals surface area (Å²) < 4.78 is 75.1. The molecule has 0 radical (unpaired) electrons. The van der Waals surface area contributed by atoms with Crippen LogP contribution in [0.4, 0.5) is 30.4 Å². The molecule has 1 aromatic heterocycles. The van der Waals surface area contributed by atoms with E-state index in [1.807, 2.05) is 0 Å². The van der Waals surface area contributed by atoms with Crippen molar-refractivity contribution in [2.24, 2.45) is 10.7 Å². The molecule has 1 aliphatic rings. The Labute approximate surface area is 188 Å². The third-order valence-corrected chi connectivity index (χ3v) is 6.34. The first-order valence-electron chi connectivity index (χ1n) is 8.87. The zero-order chi connectivity index (χ0) is 23.1. The summed E-state index contributed by atoms with van der Waals surface area (Å²) in [5, 5.41) is 0. The van der Waals surface area contributed by atoms with Gasteiger partial charge < -0.3 is 19.8 Å². The van der Waals surface area contributed by atoms with Crippen LogP contribution in [0.15, 0.2) is 73.6 Å². The summed E-state index contributed by atoms with van der Waals surface area (Å²) in [5.74, 6) is -0.452. The minimum atomic E-state index is -5.06. The summed E-state index contributed by atoms with van der Waals surface area (Å²) in [7, 11) is -4.39. The summed E-state index contributed by atoms with van der Waals surface area (Å²) in [6, 6.07) is 11.0. The van der Waals surface area contributed by atoms with E-state index in [0.717, 1.165) is 12.1 Å². The number of hydrogen-bond acceptors (Lipinski definition) is 7. The number of hydrogen-bond donors (Lipinski definition) is 2. The fourth-order valence-electron chi connectivity index (χ4n) is 3.02. The Morgan fingerprint density at radius 1 is 1.16 bits per heavy atom. The largest absolute Gasteiger partial charge is 0.573 e. The number of benzene rings is 2. The van der Waals surface area contributed by atoms with Crippen LogP contribution in [0.2, 0.25) is 0 Å². The van der Waals surface area contributed by atoms with Gasteiger partial charge in [-0.15, -0.1) is 13.2 Å².